The minimum absolute atomic E-state index is 0.0171. The number of benzene rings is 1. The van der Waals surface area contributed by atoms with Gasteiger partial charge in [-0.25, -0.2) is 0 Å². The zero-order chi connectivity index (χ0) is 20.1. The minimum Gasteiger partial charge on any atom is -0.457 e. The number of allylic oxidation sites excluding steroid dienone is 8. The van der Waals surface area contributed by atoms with Crippen molar-refractivity contribution in [2.75, 3.05) is 5.23 Å². The summed E-state index contributed by atoms with van der Waals surface area (Å²) in [6, 6.07) is 4.84. The Bertz CT molecular complexity index is 835. The lowest BCUT2D eigenvalue weighted by Crippen LogP contribution is -2.18. The van der Waals surface area contributed by atoms with Crippen LogP contribution in [0.3, 0.4) is 0 Å². The van der Waals surface area contributed by atoms with E-state index in [4.69, 9.17) is 4.74 Å². The van der Waals surface area contributed by atoms with Crippen LogP contribution < -0.4 is 9.96 Å². The predicted molar refractivity (Wildman–Crippen MR) is 101 cm³/mol. The molecule has 0 aliphatic carbocycles. The highest BCUT2D eigenvalue weighted by atomic mass is 16.8. The van der Waals surface area contributed by atoms with Crippen LogP contribution in [-0.4, -0.2) is 26.1 Å². The average Bonchev–Trinajstić information content (AvgIpc) is 2.61. The Hall–Kier alpha value is -2.84. The minimum atomic E-state index is -0.131. The molecule has 1 aromatic rings. The van der Waals surface area contributed by atoms with Gasteiger partial charge in [-0.3, -0.25) is 20.8 Å². The molecule has 1 aliphatic heterocycles. The van der Waals surface area contributed by atoms with Gasteiger partial charge in [0.1, 0.15) is 11.5 Å². The molecule has 0 saturated carbocycles. The second kappa shape index (κ2) is 8.70. The van der Waals surface area contributed by atoms with Crippen LogP contribution in [0.25, 0.3) is 0 Å². The summed E-state index contributed by atoms with van der Waals surface area (Å²) in [6.07, 6.45) is 8.85. The van der Waals surface area contributed by atoms with E-state index >= 15 is 0 Å². The van der Waals surface area contributed by atoms with Crippen LogP contribution in [0.5, 0.6) is 5.75 Å². The van der Waals surface area contributed by atoms with Crippen LogP contribution in [0.15, 0.2) is 77.8 Å². The van der Waals surface area contributed by atoms with Crippen LogP contribution in [0.2, 0.25) is 0 Å². The maximum Gasteiger partial charge on any atom is 0.133 e. The molecule has 0 aromatic heterocycles. The highest BCUT2D eigenvalue weighted by Crippen LogP contribution is 2.44. The summed E-state index contributed by atoms with van der Waals surface area (Å²) in [6.45, 7) is 9.05. The smallest absolute Gasteiger partial charge is 0.133 e. The van der Waals surface area contributed by atoms with Gasteiger partial charge in [0.25, 0.3) is 0 Å². The third kappa shape index (κ3) is 4.66. The van der Waals surface area contributed by atoms with Crippen LogP contribution in [0, 0.1) is 0 Å². The molecule has 0 fully saturated rings. The predicted octanol–water partition coefficient (Wildman–Crippen LogP) is 4.69. The van der Waals surface area contributed by atoms with Crippen molar-refractivity contribution in [1.29, 1.82) is 0 Å². The van der Waals surface area contributed by atoms with Gasteiger partial charge >= 0.3 is 0 Å². The van der Waals surface area contributed by atoms with Gasteiger partial charge < -0.3 is 4.74 Å². The Labute approximate surface area is 158 Å². The molecular weight excluding hydrogens is 348 g/mol. The second-order valence-corrected chi connectivity index (χ2v) is 6.20. The normalized spacial score (nSPS) is 17.7. The van der Waals surface area contributed by atoms with E-state index in [1.165, 1.54) is 19.1 Å². The number of rotatable bonds is 6. The Morgan fingerprint density at radius 3 is 2.44 bits per heavy atom. The maximum absolute atomic E-state index is 9.29. The molecule has 1 aliphatic rings. The SMILES string of the molecule is C=C/C=C\C=C(/C)C1C(C)=C(/C=C(\C)N(O)O)Oc2cc(N(O)O)ccc21. The first-order chi connectivity index (χ1) is 12.8. The van der Waals surface area contributed by atoms with Crippen LogP contribution in [0.1, 0.15) is 32.3 Å². The Morgan fingerprint density at radius 2 is 1.85 bits per heavy atom. The molecule has 0 radical (unpaired) electrons. The van der Waals surface area contributed by atoms with Gasteiger partial charge in [-0.1, -0.05) is 42.5 Å². The van der Waals surface area contributed by atoms with Gasteiger partial charge in [0.2, 0.25) is 0 Å². The van der Waals surface area contributed by atoms with Gasteiger partial charge in [0.15, 0.2) is 0 Å². The van der Waals surface area contributed by atoms with Crippen molar-refractivity contribution in [1.82, 2.24) is 5.23 Å². The average molecular weight is 372 g/mol. The summed E-state index contributed by atoms with van der Waals surface area (Å²) in [4.78, 5) is 0. The highest BCUT2D eigenvalue weighted by molar-refractivity contribution is 5.58. The lowest BCUT2D eigenvalue weighted by Gasteiger charge is -2.30. The first kappa shape index (κ1) is 20.5. The molecule has 1 aromatic carbocycles. The molecule has 0 saturated heterocycles. The number of hydrogen-bond donors (Lipinski definition) is 4. The monoisotopic (exact) mass is 372 g/mol. The van der Waals surface area contributed by atoms with Gasteiger partial charge in [0.05, 0.1) is 11.4 Å². The Balaban J connectivity index is 2.61. The topological polar surface area (TPSA) is 96.6 Å². The molecule has 144 valence electrons. The number of fused-ring (bicyclic) bond motifs is 1. The zero-order valence-electron chi connectivity index (χ0n) is 15.5. The third-order valence-corrected chi connectivity index (χ3v) is 4.30. The molecule has 1 unspecified atom stereocenters. The molecule has 0 spiro atoms. The quantitative estimate of drug-likeness (QED) is 0.425. The van der Waals surface area contributed by atoms with E-state index in [0.717, 1.165) is 16.7 Å². The number of hydroxylamine groups is 2. The van der Waals surface area contributed by atoms with Gasteiger partial charge in [-0.2, -0.15) is 0 Å². The fourth-order valence-corrected chi connectivity index (χ4v) is 2.91. The second-order valence-electron chi connectivity index (χ2n) is 6.20. The lowest BCUT2D eigenvalue weighted by molar-refractivity contribution is -0.278. The molecule has 1 atom stereocenters. The van der Waals surface area contributed by atoms with Crippen molar-refractivity contribution < 1.29 is 25.6 Å². The largest absolute Gasteiger partial charge is 0.457 e. The molecule has 1 heterocycles. The summed E-state index contributed by atoms with van der Waals surface area (Å²) < 4.78 is 5.91. The first-order valence-electron chi connectivity index (χ1n) is 8.28. The van der Waals surface area contributed by atoms with Crippen molar-refractivity contribution in [3.8, 4) is 5.75 Å². The van der Waals surface area contributed by atoms with Crippen molar-refractivity contribution >= 4 is 5.69 Å². The van der Waals surface area contributed by atoms with E-state index in [1.54, 1.807) is 18.2 Å². The molecule has 27 heavy (non-hydrogen) atoms. The molecule has 2 rings (SSSR count). The number of hydrogen-bond acceptors (Lipinski definition) is 7. The molecule has 0 bridgehead atoms. The summed E-state index contributed by atoms with van der Waals surface area (Å²) in [7, 11) is 0. The summed E-state index contributed by atoms with van der Waals surface area (Å²) in [5, 5.41) is 37.0. The van der Waals surface area contributed by atoms with Crippen LogP contribution >= 0.6 is 0 Å². The van der Waals surface area contributed by atoms with E-state index in [-0.39, 0.29) is 27.8 Å². The third-order valence-electron chi connectivity index (χ3n) is 4.30. The fraction of sp³-hybridized carbons (Fsp3) is 0.200. The van der Waals surface area contributed by atoms with Crippen molar-refractivity contribution in [2.24, 2.45) is 0 Å². The van der Waals surface area contributed by atoms with E-state index in [9.17, 15) is 20.8 Å². The number of ether oxygens (including phenoxy) is 1. The van der Waals surface area contributed by atoms with Gasteiger partial charge in [0, 0.05) is 23.6 Å². The summed E-state index contributed by atoms with van der Waals surface area (Å²) in [5.74, 6) is 0.754. The Morgan fingerprint density at radius 1 is 1.15 bits per heavy atom. The number of anilines is 1. The van der Waals surface area contributed by atoms with E-state index in [2.05, 4.69) is 6.58 Å². The highest BCUT2D eigenvalue weighted by Gasteiger charge is 2.28. The molecular formula is C20H24N2O5. The van der Waals surface area contributed by atoms with E-state index in [1.807, 2.05) is 32.1 Å². The maximum atomic E-state index is 9.29. The molecule has 7 heteroatoms. The van der Waals surface area contributed by atoms with Gasteiger partial charge in [-0.15, -0.1) is 10.5 Å². The van der Waals surface area contributed by atoms with E-state index in [0.29, 0.717) is 11.5 Å². The summed E-state index contributed by atoms with van der Waals surface area (Å²) in [5.41, 5.74) is 3.08. The van der Waals surface area contributed by atoms with Crippen molar-refractivity contribution in [3.63, 3.8) is 0 Å². The lowest BCUT2D eigenvalue weighted by atomic mass is 9.82. The van der Waals surface area contributed by atoms with Crippen molar-refractivity contribution in [2.45, 2.75) is 26.7 Å². The molecule has 7 nitrogen and oxygen atoms in total. The fourth-order valence-electron chi connectivity index (χ4n) is 2.91. The zero-order valence-corrected chi connectivity index (χ0v) is 15.5. The van der Waals surface area contributed by atoms with Gasteiger partial charge in [-0.05, 0) is 32.4 Å². The standard InChI is InChI=1S/C20H24N2O5/c1-5-6-7-8-13(2)20-15(4)18(11-14(3)21(23)24)27-19-12-16(22(25)26)9-10-17(19)20/h5-12,20,23-26H,1H2,2-4H3/b7-6-,13-8+,14-11+. The Kier molecular flexibility index (Phi) is 6.59. The van der Waals surface area contributed by atoms with Crippen LogP contribution in [0.4, 0.5) is 5.69 Å². The molecule has 4 N–H and O–H groups in total. The first-order valence-corrected chi connectivity index (χ1v) is 8.28. The number of nitrogens with zero attached hydrogens (tertiary/aromatic N) is 2. The van der Waals surface area contributed by atoms with Crippen LogP contribution in [-0.2, 0) is 0 Å². The van der Waals surface area contributed by atoms with Crippen molar-refractivity contribution in [3.05, 3.63) is 83.3 Å². The summed E-state index contributed by atoms with van der Waals surface area (Å²) >= 11 is 0. The molecule has 0 amide bonds. The van der Waals surface area contributed by atoms with E-state index < -0.39 is 0 Å².